The maximum Gasteiger partial charge on any atom is 0.197 e. The standard InChI is InChI=1S/C29H42O2/c1-3-4-5-6-7-8-9-10-11-12-13-14-16-20-25-23-19-24-27(31-2)28(25)29(30)26-21-17-15-18-22-26/h15,17-19,21-24H,3-14,16,20H2,1-2H3. The normalized spacial score (nSPS) is 10.9. The Morgan fingerprint density at radius 2 is 1.23 bits per heavy atom. The molecule has 0 aliphatic carbocycles. The first-order valence-corrected chi connectivity index (χ1v) is 12.5. The molecule has 2 aromatic carbocycles. The number of benzene rings is 2. The van der Waals surface area contributed by atoms with Gasteiger partial charge in [-0.25, -0.2) is 0 Å². The number of aryl methyl sites for hydroxylation is 1. The zero-order valence-electron chi connectivity index (χ0n) is 19.8. The molecule has 2 aromatic rings. The highest BCUT2D eigenvalue weighted by atomic mass is 16.5. The first-order chi connectivity index (χ1) is 15.3. The van der Waals surface area contributed by atoms with Gasteiger partial charge in [-0.15, -0.1) is 0 Å². The highest BCUT2D eigenvalue weighted by Gasteiger charge is 2.18. The number of carbonyl (C=O) groups excluding carboxylic acids is 1. The number of hydrogen-bond donors (Lipinski definition) is 0. The maximum absolute atomic E-state index is 13.1. The number of ether oxygens (including phenoxy) is 1. The Balaban J connectivity index is 1.69. The highest BCUT2D eigenvalue weighted by molar-refractivity contribution is 6.11. The van der Waals surface area contributed by atoms with Crippen LogP contribution in [0.25, 0.3) is 0 Å². The van der Waals surface area contributed by atoms with Crippen molar-refractivity contribution in [3.8, 4) is 5.75 Å². The highest BCUT2D eigenvalue weighted by Crippen LogP contribution is 2.27. The number of methoxy groups -OCH3 is 1. The Bertz CT molecular complexity index is 736. The van der Waals surface area contributed by atoms with Gasteiger partial charge in [-0.05, 0) is 24.5 Å². The van der Waals surface area contributed by atoms with E-state index in [-0.39, 0.29) is 5.78 Å². The van der Waals surface area contributed by atoms with Gasteiger partial charge < -0.3 is 4.74 Å². The van der Waals surface area contributed by atoms with Gasteiger partial charge in [0.2, 0.25) is 0 Å². The Morgan fingerprint density at radius 3 is 1.77 bits per heavy atom. The van der Waals surface area contributed by atoms with Crippen molar-refractivity contribution in [1.29, 1.82) is 0 Å². The number of rotatable bonds is 17. The molecule has 0 aromatic heterocycles. The van der Waals surface area contributed by atoms with Crippen molar-refractivity contribution >= 4 is 5.78 Å². The third kappa shape index (κ3) is 9.29. The van der Waals surface area contributed by atoms with Crippen LogP contribution in [0.4, 0.5) is 0 Å². The van der Waals surface area contributed by atoms with E-state index >= 15 is 0 Å². The van der Waals surface area contributed by atoms with E-state index in [0.29, 0.717) is 5.75 Å². The third-order valence-corrected chi connectivity index (χ3v) is 6.15. The molecule has 0 saturated heterocycles. The summed E-state index contributed by atoms with van der Waals surface area (Å²) in [4.78, 5) is 13.1. The Hall–Kier alpha value is -2.09. The largest absolute Gasteiger partial charge is 0.496 e. The average Bonchev–Trinajstić information content (AvgIpc) is 2.82. The van der Waals surface area contributed by atoms with Crippen molar-refractivity contribution in [1.82, 2.24) is 0 Å². The molecule has 0 fully saturated rings. The van der Waals surface area contributed by atoms with E-state index in [9.17, 15) is 4.79 Å². The molecule has 0 radical (unpaired) electrons. The minimum absolute atomic E-state index is 0.0581. The number of unbranched alkanes of at least 4 members (excludes halogenated alkanes) is 12. The molecule has 0 N–H and O–H groups in total. The predicted octanol–water partition coefficient (Wildman–Crippen LogP) is 8.56. The van der Waals surface area contributed by atoms with Crippen molar-refractivity contribution in [2.24, 2.45) is 0 Å². The molecule has 2 heteroatoms. The topological polar surface area (TPSA) is 26.3 Å². The third-order valence-electron chi connectivity index (χ3n) is 6.15. The van der Waals surface area contributed by atoms with Crippen molar-refractivity contribution in [2.45, 2.75) is 96.8 Å². The molecule has 170 valence electrons. The summed E-state index contributed by atoms with van der Waals surface area (Å²) < 4.78 is 5.53. The second-order valence-electron chi connectivity index (χ2n) is 8.68. The average molecular weight is 423 g/mol. The quantitative estimate of drug-likeness (QED) is 0.188. The monoisotopic (exact) mass is 422 g/mol. The fourth-order valence-corrected chi connectivity index (χ4v) is 4.28. The molecule has 0 spiro atoms. The summed E-state index contributed by atoms with van der Waals surface area (Å²) in [5.74, 6) is 0.740. The molecule has 0 aliphatic rings. The minimum atomic E-state index is 0.0581. The fraction of sp³-hybridized carbons (Fsp3) is 0.552. The van der Waals surface area contributed by atoms with Crippen molar-refractivity contribution in [2.75, 3.05) is 7.11 Å². The van der Waals surface area contributed by atoms with Crippen LogP contribution in [0.3, 0.4) is 0 Å². The molecule has 2 rings (SSSR count). The Kier molecular flexibility index (Phi) is 12.7. The summed E-state index contributed by atoms with van der Waals surface area (Å²) in [5.41, 5.74) is 2.56. The maximum atomic E-state index is 13.1. The van der Waals surface area contributed by atoms with Gasteiger partial charge in [-0.3, -0.25) is 4.79 Å². The first-order valence-electron chi connectivity index (χ1n) is 12.5. The van der Waals surface area contributed by atoms with Crippen LogP contribution in [0.2, 0.25) is 0 Å². The fourth-order valence-electron chi connectivity index (χ4n) is 4.28. The lowest BCUT2D eigenvalue weighted by atomic mass is 9.94. The summed E-state index contributed by atoms with van der Waals surface area (Å²) in [6, 6.07) is 15.5. The van der Waals surface area contributed by atoms with E-state index < -0.39 is 0 Å². The van der Waals surface area contributed by atoms with E-state index in [4.69, 9.17) is 4.74 Å². The lowest BCUT2D eigenvalue weighted by Crippen LogP contribution is -2.08. The van der Waals surface area contributed by atoms with Gasteiger partial charge in [0.05, 0.1) is 12.7 Å². The van der Waals surface area contributed by atoms with Gasteiger partial charge in [-0.1, -0.05) is 126 Å². The SMILES string of the molecule is CCCCCCCCCCCCCCCc1cccc(OC)c1C(=O)c1ccccc1. The van der Waals surface area contributed by atoms with Crippen LogP contribution in [0.5, 0.6) is 5.75 Å². The molecule has 0 bridgehead atoms. The number of hydrogen-bond acceptors (Lipinski definition) is 2. The zero-order valence-corrected chi connectivity index (χ0v) is 19.8. The van der Waals surface area contributed by atoms with Gasteiger partial charge in [0.1, 0.15) is 5.75 Å². The van der Waals surface area contributed by atoms with Crippen molar-refractivity contribution < 1.29 is 9.53 Å². The van der Waals surface area contributed by atoms with Gasteiger partial charge in [0, 0.05) is 5.56 Å². The lowest BCUT2D eigenvalue weighted by Gasteiger charge is -2.13. The first kappa shape index (κ1) is 25.2. The van der Waals surface area contributed by atoms with Gasteiger partial charge >= 0.3 is 0 Å². The van der Waals surface area contributed by atoms with Crippen molar-refractivity contribution in [3.63, 3.8) is 0 Å². The number of ketones is 1. The molecular formula is C29H42O2. The van der Waals surface area contributed by atoms with E-state index in [1.54, 1.807) is 7.11 Å². The van der Waals surface area contributed by atoms with E-state index in [0.717, 1.165) is 29.5 Å². The predicted molar refractivity (Wildman–Crippen MR) is 132 cm³/mol. The Labute approximate surface area is 190 Å². The van der Waals surface area contributed by atoms with Gasteiger partial charge in [0.15, 0.2) is 5.78 Å². The second-order valence-corrected chi connectivity index (χ2v) is 8.68. The number of carbonyl (C=O) groups is 1. The van der Waals surface area contributed by atoms with Crippen LogP contribution < -0.4 is 4.74 Å². The molecule has 2 nitrogen and oxygen atoms in total. The van der Waals surface area contributed by atoms with Crippen LogP contribution in [-0.2, 0) is 6.42 Å². The van der Waals surface area contributed by atoms with Crippen LogP contribution in [0.1, 0.15) is 112 Å². The summed E-state index contributed by atoms with van der Waals surface area (Å²) in [5, 5.41) is 0. The molecular weight excluding hydrogens is 380 g/mol. The molecule has 0 aliphatic heterocycles. The summed E-state index contributed by atoms with van der Waals surface area (Å²) in [6.07, 6.45) is 18.5. The second kappa shape index (κ2) is 15.7. The summed E-state index contributed by atoms with van der Waals surface area (Å²) >= 11 is 0. The van der Waals surface area contributed by atoms with Crippen LogP contribution in [-0.4, -0.2) is 12.9 Å². The van der Waals surface area contributed by atoms with Crippen LogP contribution in [0.15, 0.2) is 48.5 Å². The van der Waals surface area contributed by atoms with E-state index in [1.807, 2.05) is 42.5 Å². The molecule has 0 heterocycles. The molecule has 31 heavy (non-hydrogen) atoms. The lowest BCUT2D eigenvalue weighted by molar-refractivity contribution is 0.103. The van der Waals surface area contributed by atoms with Crippen LogP contribution >= 0.6 is 0 Å². The summed E-state index contributed by atoms with van der Waals surface area (Å²) in [6.45, 7) is 2.28. The minimum Gasteiger partial charge on any atom is -0.496 e. The molecule has 0 amide bonds. The van der Waals surface area contributed by atoms with E-state index in [1.165, 1.54) is 77.0 Å². The van der Waals surface area contributed by atoms with Crippen LogP contribution in [0, 0.1) is 0 Å². The smallest absolute Gasteiger partial charge is 0.197 e. The van der Waals surface area contributed by atoms with Gasteiger partial charge in [-0.2, -0.15) is 0 Å². The molecule has 0 atom stereocenters. The molecule has 0 unspecified atom stereocenters. The van der Waals surface area contributed by atoms with E-state index in [2.05, 4.69) is 13.0 Å². The van der Waals surface area contributed by atoms with Gasteiger partial charge in [0.25, 0.3) is 0 Å². The summed E-state index contributed by atoms with van der Waals surface area (Å²) in [7, 11) is 1.64. The molecule has 0 saturated carbocycles. The van der Waals surface area contributed by atoms with Crippen molar-refractivity contribution in [3.05, 3.63) is 65.2 Å². The zero-order chi connectivity index (χ0) is 22.2. The Morgan fingerprint density at radius 1 is 0.677 bits per heavy atom.